The van der Waals surface area contributed by atoms with E-state index in [4.69, 9.17) is 16.3 Å². The van der Waals surface area contributed by atoms with Crippen molar-refractivity contribution >= 4 is 33.0 Å². The van der Waals surface area contributed by atoms with Gasteiger partial charge in [0, 0.05) is 5.56 Å². The van der Waals surface area contributed by atoms with Crippen LogP contribution in [-0.2, 0) is 0 Å². The number of rotatable bonds is 6. The lowest BCUT2D eigenvalue weighted by molar-refractivity contribution is 0.333. The summed E-state index contributed by atoms with van der Waals surface area (Å²) in [4.78, 5) is 5.42. The summed E-state index contributed by atoms with van der Waals surface area (Å²) in [6.07, 6.45) is 1.89. The summed E-state index contributed by atoms with van der Waals surface area (Å²) in [6, 6.07) is 17.4. The average Bonchev–Trinajstić information content (AvgIpc) is 3.18. The lowest BCUT2D eigenvalue weighted by Crippen LogP contribution is -2.11. The van der Waals surface area contributed by atoms with Gasteiger partial charge in [0.2, 0.25) is 10.1 Å². The van der Waals surface area contributed by atoms with E-state index in [9.17, 15) is 0 Å². The number of hydrogen-bond acceptors (Lipinski definition) is 5. The number of aromatic nitrogens is 3. The van der Waals surface area contributed by atoms with E-state index in [1.807, 2.05) is 60.8 Å². The van der Waals surface area contributed by atoms with Gasteiger partial charge in [-0.1, -0.05) is 59.3 Å². The number of benzene rings is 2. The quantitative estimate of drug-likeness (QED) is 0.504. The number of hydrogen-bond donors (Lipinski definition) is 1. The van der Waals surface area contributed by atoms with E-state index >= 15 is 0 Å². The van der Waals surface area contributed by atoms with Crippen molar-refractivity contribution in [3.8, 4) is 17.0 Å². The SMILES string of the molecule is Clc1ccccc1-c1cn2nc(NCCOc3ccccc3)sc2n1. The minimum absolute atomic E-state index is 0.566. The maximum Gasteiger partial charge on any atom is 0.214 e. The zero-order chi connectivity index (χ0) is 17.1. The molecule has 0 aliphatic carbocycles. The predicted octanol–water partition coefficient (Wildman–Crippen LogP) is 4.60. The number of imidazole rings is 1. The number of ether oxygens (including phenoxy) is 1. The summed E-state index contributed by atoms with van der Waals surface area (Å²) in [5, 5.41) is 9.25. The van der Waals surface area contributed by atoms with E-state index in [1.54, 1.807) is 4.52 Å². The molecule has 1 N–H and O–H groups in total. The summed E-state index contributed by atoms with van der Waals surface area (Å²) < 4.78 is 7.42. The fourth-order valence-electron chi connectivity index (χ4n) is 2.41. The molecule has 0 aliphatic heterocycles. The molecule has 0 atom stereocenters. The fraction of sp³-hybridized carbons (Fsp3) is 0.111. The molecule has 0 saturated carbocycles. The molecule has 2 aromatic carbocycles. The largest absolute Gasteiger partial charge is 0.492 e. The van der Waals surface area contributed by atoms with Crippen molar-refractivity contribution in [1.82, 2.24) is 14.6 Å². The average molecular weight is 371 g/mol. The highest BCUT2D eigenvalue weighted by atomic mass is 35.5. The highest BCUT2D eigenvalue weighted by Crippen LogP contribution is 2.29. The van der Waals surface area contributed by atoms with Gasteiger partial charge >= 0.3 is 0 Å². The summed E-state index contributed by atoms with van der Waals surface area (Å²) >= 11 is 7.72. The molecule has 0 amide bonds. The van der Waals surface area contributed by atoms with Gasteiger partial charge in [0.1, 0.15) is 12.4 Å². The zero-order valence-electron chi connectivity index (χ0n) is 13.2. The van der Waals surface area contributed by atoms with Crippen molar-refractivity contribution in [3.05, 3.63) is 65.8 Å². The van der Waals surface area contributed by atoms with Crippen LogP contribution in [0.4, 0.5) is 5.13 Å². The Hall–Kier alpha value is -2.57. The fourth-order valence-corrected chi connectivity index (χ4v) is 3.45. The van der Waals surface area contributed by atoms with Gasteiger partial charge in [0.15, 0.2) is 0 Å². The van der Waals surface area contributed by atoms with Crippen molar-refractivity contribution in [2.24, 2.45) is 0 Å². The van der Waals surface area contributed by atoms with Gasteiger partial charge in [0.25, 0.3) is 0 Å². The number of anilines is 1. The van der Waals surface area contributed by atoms with Crippen LogP contribution in [-0.4, -0.2) is 27.7 Å². The summed E-state index contributed by atoms with van der Waals surface area (Å²) in [6.45, 7) is 1.24. The molecule has 0 fully saturated rings. The van der Waals surface area contributed by atoms with Crippen LogP contribution in [0, 0.1) is 0 Å². The molecule has 25 heavy (non-hydrogen) atoms. The Bertz CT molecular complexity index is 952. The molecule has 7 heteroatoms. The second kappa shape index (κ2) is 7.13. The summed E-state index contributed by atoms with van der Waals surface area (Å²) in [7, 11) is 0. The second-order valence-corrected chi connectivity index (χ2v) is 6.69. The molecule has 0 radical (unpaired) electrons. The zero-order valence-corrected chi connectivity index (χ0v) is 14.8. The molecule has 4 aromatic rings. The number of halogens is 1. The van der Waals surface area contributed by atoms with Crippen LogP contribution in [0.5, 0.6) is 5.75 Å². The Kier molecular flexibility index (Phi) is 4.54. The van der Waals surface area contributed by atoms with Crippen molar-refractivity contribution < 1.29 is 4.74 Å². The van der Waals surface area contributed by atoms with Crippen molar-refractivity contribution in [2.75, 3.05) is 18.5 Å². The summed E-state index contributed by atoms with van der Waals surface area (Å²) in [5.41, 5.74) is 1.73. The Morgan fingerprint density at radius 1 is 1.08 bits per heavy atom. The molecule has 126 valence electrons. The van der Waals surface area contributed by atoms with Crippen LogP contribution in [0.2, 0.25) is 5.02 Å². The number of fused-ring (bicyclic) bond motifs is 1. The first-order valence-corrected chi connectivity index (χ1v) is 9.02. The second-order valence-electron chi connectivity index (χ2n) is 5.33. The Morgan fingerprint density at radius 3 is 2.68 bits per heavy atom. The highest BCUT2D eigenvalue weighted by Gasteiger charge is 2.11. The minimum Gasteiger partial charge on any atom is -0.492 e. The monoisotopic (exact) mass is 370 g/mol. The van der Waals surface area contributed by atoms with E-state index < -0.39 is 0 Å². The first-order chi connectivity index (χ1) is 12.3. The lowest BCUT2D eigenvalue weighted by Gasteiger charge is -2.05. The van der Waals surface area contributed by atoms with Gasteiger partial charge in [-0.25, -0.2) is 9.50 Å². The highest BCUT2D eigenvalue weighted by molar-refractivity contribution is 7.20. The first kappa shape index (κ1) is 15.9. The van der Waals surface area contributed by atoms with Crippen LogP contribution in [0.25, 0.3) is 16.2 Å². The molecule has 0 saturated heterocycles. The van der Waals surface area contributed by atoms with E-state index in [-0.39, 0.29) is 0 Å². The molecule has 0 spiro atoms. The Balaban J connectivity index is 1.39. The molecule has 2 heterocycles. The first-order valence-electron chi connectivity index (χ1n) is 7.82. The van der Waals surface area contributed by atoms with Gasteiger partial charge in [-0.2, -0.15) is 0 Å². The third kappa shape index (κ3) is 3.60. The number of nitrogens with zero attached hydrogens (tertiary/aromatic N) is 3. The third-order valence-corrected chi connectivity index (χ3v) is 4.79. The van der Waals surface area contributed by atoms with Crippen LogP contribution in [0.3, 0.4) is 0 Å². The van der Waals surface area contributed by atoms with Crippen molar-refractivity contribution in [2.45, 2.75) is 0 Å². The Labute approximate surface area is 153 Å². The van der Waals surface area contributed by atoms with Gasteiger partial charge in [-0.05, 0) is 18.2 Å². The minimum atomic E-state index is 0.566. The van der Waals surface area contributed by atoms with E-state index in [2.05, 4.69) is 15.4 Å². The van der Waals surface area contributed by atoms with E-state index in [0.717, 1.165) is 27.1 Å². The molecule has 4 rings (SSSR count). The summed E-state index contributed by atoms with van der Waals surface area (Å²) in [5.74, 6) is 0.864. The molecule has 0 aliphatic rings. The predicted molar refractivity (Wildman–Crippen MR) is 102 cm³/mol. The number of para-hydroxylation sites is 1. The maximum atomic E-state index is 6.23. The van der Waals surface area contributed by atoms with Gasteiger partial charge in [-0.15, -0.1) is 5.10 Å². The Morgan fingerprint density at radius 2 is 1.88 bits per heavy atom. The molecule has 0 unspecified atom stereocenters. The van der Waals surface area contributed by atoms with Gasteiger partial charge in [-0.3, -0.25) is 0 Å². The standard InChI is InChI=1S/C18H15ClN4OS/c19-15-9-5-4-8-14(15)16-12-23-18(21-16)25-17(22-23)20-10-11-24-13-6-2-1-3-7-13/h1-9,12H,10-11H2,(H,20,22). The molecular formula is C18H15ClN4OS. The van der Waals surface area contributed by atoms with E-state index in [1.165, 1.54) is 11.3 Å². The van der Waals surface area contributed by atoms with Crippen LogP contribution < -0.4 is 10.1 Å². The van der Waals surface area contributed by atoms with Crippen LogP contribution in [0.15, 0.2) is 60.8 Å². The lowest BCUT2D eigenvalue weighted by atomic mass is 10.2. The van der Waals surface area contributed by atoms with E-state index in [0.29, 0.717) is 18.2 Å². The third-order valence-electron chi connectivity index (χ3n) is 3.58. The number of nitrogens with one attached hydrogen (secondary N) is 1. The molecular weight excluding hydrogens is 356 g/mol. The van der Waals surface area contributed by atoms with Crippen LogP contribution >= 0.6 is 22.9 Å². The van der Waals surface area contributed by atoms with Gasteiger partial charge in [0.05, 0.1) is 23.5 Å². The molecule has 5 nitrogen and oxygen atoms in total. The normalized spacial score (nSPS) is 10.9. The van der Waals surface area contributed by atoms with Gasteiger partial charge < -0.3 is 10.1 Å². The van der Waals surface area contributed by atoms with Crippen LogP contribution in [0.1, 0.15) is 0 Å². The molecule has 0 bridgehead atoms. The van der Waals surface area contributed by atoms with Crippen molar-refractivity contribution in [3.63, 3.8) is 0 Å². The molecule has 2 aromatic heterocycles. The topological polar surface area (TPSA) is 51.5 Å². The maximum absolute atomic E-state index is 6.23. The smallest absolute Gasteiger partial charge is 0.214 e. The van der Waals surface area contributed by atoms with Crippen molar-refractivity contribution in [1.29, 1.82) is 0 Å².